The molecule has 1 amide bonds. The van der Waals surface area contributed by atoms with Crippen molar-refractivity contribution in [1.82, 2.24) is 0 Å². The zero-order valence-electron chi connectivity index (χ0n) is 7.74. The molecule has 0 atom stereocenters. The summed E-state index contributed by atoms with van der Waals surface area (Å²) in [7, 11) is 0. The Hall–Kier alpha value is -1.20. The first-order valence-electron chi connectivity index (χ1n) is 4.42. The molecule has 78 valence electrons. The summed E-state index contributed by atoms with van der Waals surface area (Å²) in [4.78, 5) is 24.4. The Morgan fingerprint density at radius 3 is 2.73 bits per heavy atom. The lowest BCUT2D eigenvalue weighted by Crippen LogP contribution is -2.32. The highest BCUT2D eigenvalue weighted by Gasteiger charge is 2.36. The SMILES string of the molecule is O=C1C(=O)N(CCO)c2cccc(Br)c21. The lowest BCUT2D eigenvalue weighted by molar-refractivity contribution is -0.114. The van der Waals surface area contributed by atoms with Crippen LogP contribution >= 0.6 is 15.9 Å². The summed E-state index contributed by atoms with van der Waals surface area (Å²) in [5.41, 5.74) is 0.948. The monoisotopic (exact) mass is 269 g/mol. The molecule has 5 heteroatoms. The van der Waals surface area contributed by atoms with Gasteiger partial charge in [-0.3, -0.25) is 9.59 Å². The number of carbonyl (C=O) groups is 2. The summed E-state index contributed by atoms with van der Waals surface area (Å²) < 4.78 is 0.610. The fourth-order valence-electron chi connectivity index (χ4n) is 1.62. The van der Waals surface area contributed by atoms with Crippen LogP contribution in [0.1, 0.15) is 10.4 Å². The number of fused-ring (bicyclic) bond motifs is 1. The van der Waals surface area contributed by atoms with Gasteiger partial charge in [-0.15, -0.1) is 0 Å². The number of aliphatic hydroxyl groups excluding tert-OH is 1. The second kappa shape index (κ2) is 3.75. The van der Waals surface area contributed by atoms with E-state index in [9.17, 15) is 9.59 Å². The minimum atomic E-state index is -0.578. The van der Waals surface area contributed by atoms with Crippen molar-refractivity contribution in [3.8, 4) is 0 Å². The van der Waals surface area contributed by atoms with Gasteiger partial charge in [0.2, 0.25) is 0 Å². The van der Waals surface area contributed by atoms with E-state index in [4.69, 9.17) is 5.11 Å². The average molecular weight is 270 g/mol. The van der Waals surface area contributed by atoms with Gasteiger partial charge in [-0.1, -0.05) is 6.07 Å². The molecule has 15 heavy (non-hydrogen) atoms. The molecule has 1 aliphatic heterocycles. The lowest BCUT2D eigenvalue weighted by atomic mass is 10.1. The van der Waals surface area contributed by atoms with Gasteiger partial charge >= 0.3 is 0 Å². The van der Waals surface area contributed by atoms with Gasteiger partial charge in [0, 0.05) is 11.0 Å². The topological polar surface area (TPSA) is 57.6 Å². The van der Waals surface area contributed by atoms with Crippen LogP contribution in [0.25, 0.3) is 0 Å². The van der Waals surface area contributed by atoms with Gasteiger partial charge in [0.25, 0.3) is 11.7 Å². The third-order valence-electron chi connectivity index (χ3n) is 2.27. The molecule has 0 unspecified atom stereocenters. The number of nitrogens with zero attached hydrogens (tertiary/aromatic N) is 1. The maximum Gasteiger partial charge on any atom is 0.299 e. The van der Waals surface area contributed by atoms with E-state index in [0.717, 1.165) is 0 Å². The fraction of sp³-hybridized carbons (Fsp3) is 0.200. The van der Waals surface area contributed by atoms with Gasteiger partial charge in [-0.05, 0) is 28.1 Å². The largest absolute Gasteiger partial charge is 0.395 e. The number of carbonyl (C=O) groups excluding carboxylic acids is 2. The van der Waals surface area contributed by atoms with Crippen LogP contribution in [0.15, 0.2) is 22.7 Å². The van der Waals surface area contributed by atoms with Gasteiger partial charge < -0.3 is 10.0 Å². The van der Waals surface area contributed by atoms with Crippen LogP contribution in [0.2, 0.25) is 0 Å². The van der Waals surface area contributed by atoms with Crippen molar-refractivity contribution in [2.75, 3.05) is 18.1 Å². The Bertz CT molecular complexity index is 444. The molecular weight excluding hydrogens is 262 g/mol. The molecule has 1 heterocycles. The first-order valence-corrected chi connectivity index (χ1v) is 5.21. The van der Waals surface area contributed by atoms with E-state index in [1.165, 1.54) is 4.90 Å². The molecule has 1 aromatic rings. The highest BCUT2D eigenvalue weighted by molar-refractivity contribution is 9.10. The van der Waals surface area contributed by atoms with E-state index in [0.29, 0.717) is 15.7 Å². The van der Waals surface area contributed by atoms with Crippen molar-refractivity contribution in [1.29, 1.82) is 0 Å². The highest BCUT2D eigenvalue weighted by Crippen LogP contribution is 2.33. The molecule has 0 aromatic heterocycles. The van der Waals surface area contributed by atoms with E-state index < -0.39 is 11.7 Å². The van der Waals surface area contributed by atoms with Crippen LogP contribution < -0.4 is 4.90 Å². The molecule has 4 nitrogen and oxygen atoms in total. The smallest absolute Gasteiger partial charge is 0.299 e. The molecule has 0 aliphatic carbocycles. The van der Waals surface area contributed by atoms with Crippen LogP contribution in [-0.4, -0.2) is 29.9 Å². The number of β-amino-alcohol motifs (C(OH)–C–C–N with tert-alkyl or cyclic N) is 1. The predicted molar refractivity (Wildman–Crippen MR) is 57.9 cm³/mol. The minimum absolute atomic E-state index is 0.147. The molecule has 1 N–H and O–H groups in total. The van der Waals surface area contributed by atoms with Crippen molar-refractivity contribution in [3.05, 3.63) is 28.2 Å². The number of hydrogen-bond acceptors (Lipinski definition) is 3. The molecule has 0 saturated heterocycles. The van der Waals surface area contributed by atoms with E-state index in [1.807, 2.05) is 0 Å². The number of Topliss-reactive ketones (excluding diaryl/α,β-unsaturated/α-hetero) is 1. The number of amides is 1. The van der Waals surface area contributed by atoms with Gasteiger partial charge in [-0.25, -0.2) is 0 Å². The van der Waals surface area contributed by atoms with E-state index in [2.05, 4.69) is 15.9 Å². The Balaban J connectivity index is 2.55. The average Bonchev–Trinajstić information content (AvgIpc) is 2.45. The number of ketones is 1. The minimum Gasteiger partial charge on any atom is -0.395 e. The summed E-state index contributed by atoms with van der Waals surface area (Å²) in [6.45, 7) is -0.0149. The zero-order valence-corrected chi connectivity index (χ0v) is 9.32. The molecule has 1 aliphatic rings. The maximum atomic E-state index is 11.6. The van der Waals surface area contributed by atoms with Crippen molar-refractivity contribution in [3.63, 3.8) is 0 Å². The first-order chi connectivity index (χ1) is 7.16. The molecular formula is C10H8BrNO3. The molecule has 0 bridgehead atoms. The molecule has 0 radical (unpaired) electrons. The molecule has 0 saturated carbocycles. The maximum absolute atomic E-state index is 11.6. The molecule has 0 fully saturated rings. The summed E-state index contributed by atoms with van der Waals surface area (Å²) in [6, 6.07) is 5.16. The Labute approximate surface area is 94.6 Å². The van der Waals surface area contributed by atoms with E-state index >= 15 is 0 Å². The summed E-state index contributed by atoms with van der Waals surface area (Å²) in [6.07, 6.45) is 0. The highest BCUT2D eigenvalue weighted by atomic mass is 79.9. The lowest BCUT2D eigenvalue weighted by Gasteiger charge is -2.14. The fourth-order valence-corrected chi connectivity index (χ4v) is 2.16. The summed E-state index contributed by atoms with van der Waals surface area (Å²) in [5, 5.41) is 8.81. The van der Waals surface area contributed by atoms with Crippen LogP contribution in [0, 0.1) is 0 Å². The Morgan fingerprint density at radius 2 is 2.07 bits per heavy atom. The summed E-state index contributed by atoms with van der Waals surface area (Å²) >= 11 is 3.23. The van der Waals surface area contributed by atoms with Crippen LogP contribution in [-0.2, 0) is 4.79 Å². The van der Waals surface area contributed by atoms with Crippen molar-refractivity contribution < 1.29 is 14.7 Å². The third kappa shape index (κ3) is 1.48. The number of hydrogen-bond donors (Lipinski definition) is 1. The van der Waals surface area contributed by atoms with Crippen LogP contribution in [0.5, 0.6) is 0 Å². The standard InChI is InChI=1S/C10H8BrNO3/c11-6-2-1-3-7-8(6)9(14)10(15)12(7)4-5-13/h1-3,13H,4-5H2. The van der Waals surface area contributed by atoms with Crippen LogP contribution in [0.4, 0.5) is 5.69 Å². The van der Waals surface area contributed by atoms with Gasteiger partial charge in [0.05, 0.1) is 17.9 Å². The predicted octanol–water partition coefficient (Wildman–Crippen LogP) is 0.971. The second-order valence-electron chi connectivity index (χ2n) is 3.14. The van der Waals surface area contributed by atoms with Gasteiger partial charge in [-0.2, -0.15) is 0 Å². The van der Waals surface area contributed by atoms with E-state index in [1.54, 1.807) is 18.2 Å². The normalized spacial score (nSPS) is 14.7. The van der Waals surface area contributed by atoms with Crippen molar-refractivity contribution in [2.45, 2.75) is 0 Å². The van der Waals surface area contributed by atoms with Gasteiger partial charge in [0.15, 0.2) is 0 Å². The number of halogens is 1. The van der Waals surface area contributed by atoms with Gasteiger partial charge in [0.1, 0.15) is 0 Å². The number of rotatable bonds is 2. The quantitative estimate of drug-likeness (QED) is 0.815. The zero-order chi connectivity index (χ0) is 11.0. The second-order valence-corrected chi connectivity index (χ2v) is 4.00. The number of benzene rings is 1. The van der Waals surface area contributed by atoms with Crippen LogP contribution in [0.3, 0.4) is 0 Å². The number of anilines is 1. The Kier molecular flexibility index (Phi) is 2.58. The van der Waals surface area contributed by atoms with E-state index in [-0.39, 0.29) is 13.2 Å². The molecule has 2 rings (SSSR count). The van der Waals surface area contributed by atoms with Crippen molar-refractivity contribution >= 4 is 33.3 Å². The summed E-state index contributed by atoms with van der Waals surface area (Å²) in [5.74, 6) is -1.10. The third-order valence-corrected chi connectivity index (χ3v) is 2.93. The molecule has 0 spiro atoms. The Morgan fingerprint density at radius 1 is 1.33 bits per heavy atom. The first kappa shape index (κ1) is 10.3. The molecule has 1 aromatic carbocycles. The number of aliphatic hydroxyl groups is 1. The van der Waals surface area contributed by atoms with Crippen molar-refractivity contribution in [2.24, 2.45) is 0 Å².